The maximum atomic E-state index is 10.8. The quantitative estimate of drug-likeness (QED) is 0.580. The third-order valence-electron chi connectivity index (χ3n) is 1.11. The van der Waals surface area contributed by atoms with E-state index in [9.17, 15) is 8.42 Å². The number of aryl methyl sites for hydroxylation is 1. The van der Waals surface area contributed by atoms with E-state index >= 15 is 0 Å². The largest absolute Gasteiger partial charge is 0.368 e. The summed E-state index contributed by atoms with van der Waals surface area (Å²) in [5.74, 6) is 0.0884. The van der Waals surface area contributed by atoms with Crippen LogP contribution in [0.15, 0.2) is 5.16 Å². The molecule has 0 aromatic carbocycles. The van der Waals surface area contributed by atoms with Crippen LogP contribution in [-0.2, 0) is 16.9 Å². The maximum Gasteiger partial charge on any atom is 0.268 e. The van der Waals surface area contributed by atoms with Crippen LogP contribution in [0.5, 0.6) is 0 Å². The predicted octanol–water partition coefficient (Wildman–Crippen LogP) is -1.20. The van der Waals surface area contributed by atoms with Gasteiger partial charge in [0, 0.05) is 13.3 Å². The second-order valence-corrected chi connectivity index (χ2v) is 4.06. The zero-order valence-corrected chi connectivity index (χ0v) is 6.96. The molecule has 0 spiro atoms. The molecule has 2 N–H and O–H groups in total. The molecule has 0 bridgehead atoms. The number of anilines is 1. The van der Waals surface area contributed by atoms with Crippen molar-refractivity contribution in [3.63, 3.8) is 0 Å². The minimum atomic E-state index is -3.33. The highest BCUT2D eigenvalue weighted by Gasteiger charge is 2.14. The summed E-state index contributed by atoms with van der Waals surface area (Å²) < 4.78 is 22.8. The van der Waals surface area contributed by atoms with Crippen molar-refractivity contribution >= 4 is 15.8 Å². The molecule has 0 radical (unpaired) electrons. The summed E-state index contributed by atoms with van der Waals surface area (Å²) in [4.78, 5) is 3.52. The lowest BCUT2D eigenvalue weighted by atomic mass is 11.0. The van der Waals surface area contributed by atoms with Gasteiger partial charge in [-0.3, -0.25) is 0 Å². The Morgan fingerprint density at radius 1 is 1.55 bits per heavy atom. The average molecular weight is 176 g/mol. The number of nitrogens with zero attached hydrogens (tertiary/aromatic N) is 3. The number of aromatic nitrogens is 3. The molecule has 0 atom stereocenters. The lowest BCUT2D eigenvalue weighted by Crippen LogP contribution is -2.00. The molecular weight excluding hydrogens is 168 g/mol. The molecule has 0 amide bonds. The first-order valence-corrected chi connectivity index (χ1v) is 4.67. The smallest absolute Gasteiger partial charge is 0.268 e. The van der Waals surface area contributed by atoms with Gasteiger partial charge in [0.15, 0.2) is 0 Å². The molecule has 1 rings (SSSR count). The van der Waals surface area contributed by atoms with Crippen molar-refractivity contribution in [2.24, 2.45) is 7.05 Å². The first-order chi connectivity index (χ1) is 4.91. The molecule has 0 unspecified atom stereocenters. The Balaban J connectivity index is 3.29. The van der Waals surface area contributed by atoms with Crippen molar-refractivity contribution in [1.82, 2.24) is 14.8 Å². The van der Waals surface area contributed by atoms with Gasteiger partial charge in [0.25, 0.3) is 5.16 Å². The lowest BCUT2D eigenvalue weighted by Gasteiger charge is -1.85. The average Bonchev–Trinajstić information content (AvgIpc) is 2.11. The van der Waals surface area contributed by atoms with Gasteiger partial charge in [0.05, 0.1) is 0 Å². The van der Waals surface area contributed by atoms with Crippen LogP contribution in [0.25, 0.3) is 0 Å². The minimum absolute atomic E-state index is 0.0884. The zero-order chi connectivity index (χ0) is 8.65. The summed E-state index contributed by atoms with van der Waals surface area (Å²) in [6, 6.07) is 0. The third kappa shape index (κ3) is 1.48. The molecule has 6 nitrogen and oxygen atoms in total. The standard InChI is InChI=1S/C4H8N4O2S/c1-8-3(5)6-4(7-8)11(2,9)10/h1-2H3,(H2,5,6,7). The minimum Gasteiger partial charge on any atom is -0.368 e. The summed E-state index contributed by atoms with van der Waals surface area (Å²) in [7, 11) is -1.80. The first-order valence-electron chi connectivity index (χ1n) is 2.78. The van der Waals surface area contributed by atoms with E-state index in [1.807, 2.05) is 0 Å². The maximum absolute atomic E-state index is 10.8. The number of nitrogen functional groups attached to an aromatic ring is 1. The van der Waals surface area contributed by atoms with Crippen LogP contribution in [-0.4, -0.2) is 29.4 Å². The molecular formula is C4H8N4O2S. The summed E-state index contributed by atoms with van der Waals surface area (Å²) in [5.41, 5.74) is 5.26. The highest BCUT2D eigenvalue weighted by atomic mass is 32.2. The molecule has 62 valence electrons. The summed E-state index contributed by atoms with van der Waals surface area (Å²) >= 11 is 0. The van der Waals surface area contributed by atoms with Gasteiger partial charge in [-0.1, -0.05) is 0 Å². The van der Waals surface area contributed by atoms with Crippen LogP contribution in [0, 0.1) is 0 Å². The molecule has 1 heterocycles. The van der Waals surface area contributed by atoms with E-state index in [1.54, 1.807) is 0 Å². The van der Waals surface area contributed by atoms with Gasteiger partial charge in [0.2, 0.25) is 15.8 Å². The van der Waals surface area contributed by atoms with Crippen molar-refractivity contribution < 1.29 is 8.42 Å². The molecule has 7 heteroatoms. The van der Waals surface area contributed by atoms with E-state index in [4.69, 9.17) is 5.73 Å². The fourth-order valence-corrected chi connectivity index (χ4v) is 1.06. The Labute approximate surface area is 64.0 Å². The summed E-state index contributed by atoms with van der Waals surface area (Å²) in [5, 5.41) is 3.34. The van der Waals surface area contributed by atoms with Crippen molar-refractivity contribution in [3.8, 4) is 0 Å². The summed E-state index contributed by atoms with van der Waals surface area (Å²) in [6.45, 7) is 0. The lowest BCUT2D eigenvalue weighted by molar-refractivity contribution is 0.590. The number of sulfone groups is 1. The molecule has 0 aliphatic rings. The fourth-order valence-electron chi connectivity index (χ4n) is 0.529. The normalized spacial score (nSPS) is 11.8. The van der Waals surface area contributed by atoms with Crippen LogP contribution in [0.4, 0.5) is 5.95 Å². The molecule has 0 fully saturated rings. The number of nitrogens with two attached hydrogens (primary N) is 1. The number of hydrogen-bond acceptors (Lipinski definition) is 5. The number of rotatable bonds is 1. The topological polar surface area (TPSA) is 90.9 Å². The van der Waals surface area contributed by atoms with Crippen molar-refractivity contribution in [2.75, 3.05) is 12.0 Å². The van der Waals surface area contributed by atoms with Crippen LogP contribution in [0.3, 0.4) is 0 Å². The van der Waals surface area contributed by atoms with Crippen LogP contribution in [0.1, 0.15) is 0 Å². The highest BCUT2D eigenvalue weighted by Crippen LogP contribution is 2.03. The third-order valence-corrected chi connectivity index (χ3v) is 1.95. The fraction of sp³-hybridized carbons (Fsp3) is 0.500. The van der Waals surface area contributed by atoms with Crippen molar-refractivity contribution in [1.29, 1.82) is 0 Å². The molecule has 11 heavy (non-hydrogen) atoms. The highest BCUT2D eigenvalue weighted by molar-refractivity contribution is 7.90. The number of hydrogen-bond donors (Lipinski definition) is 1. The second-order valence-electron chi connectivity index (χ2n) is 2.15. The van der Waals surface area contributed by atoms with E-state index in [0.717, 1.165) is 6.26 Å². The molecule has 0 saturated heterocycles. The summed E-state index contributed by atoms with van der Waals surface area (Å²) in [6.07, 6.45) is 1.03. The van der Waals surface area contributed by atoms with Gasteiger partial charge in [0.1, 0.15) is 0 Å². The molecule has 0 aliphatic heterocycles. The SMILES string of the molecule is Cn1nc(S(C)(=O)=O)nc1N. The van der Waals surface area contributed by atoms with Crippen molar-refractivity contribution in [2.45, 2.75) is 5.16 Å². The van der Waals surface area contributed by atoms with Gasteiger partial charge in [-0.25, -0.2) is 13.1 Å². The van der Waals surface area contributed by atoms with E-state index in [2.05, 4.69) is 10.1 Å². The predicted molar refractivity (Wildman–Crippen MR) is 38.5 cm³/mol. The molecule has 1 aromatic rings. The zero-order valence-electron chi connectivity index (χ0n) is 6.14. The van der Waals surface area contributed by atoms with E-state index in [0.29, 0.717) is 0 Å². The Morgan fingerprint density at radius 2 is 2.09 bits per heavy atom. The van der Waals surface area contributed by atoms with Gasteiger partial charge in [-0.05, 0) is 0 Å². The molecule has 0 aliphatic carbocycles. The van der Waals surface area contributed by atoms with Crippen LogP contribution >= 0.6 is 0 Å². The second kappa shape index (κ2) is 2.19. The van der Waals surface area contributed by atoms with Gasteiger partial charge in [-0.15, -0.1) is 5.10 Å². The Morgan fingerprint density at radius 3 is 2.27 bits per heavy atom. The Kier molecular flexibility index (Phi) is 1.59. The van der Waals surface area contributed by atoms with Crippen molar-refractivity contribution in [3.05, 3.63) is 0 Å². The van der Waals surface area contributed by atoms with E-state index in [-0.39, 0.29) is 11.1 Å². The Bertz CT molecular complexity index is 346. The van der Waals surface area contributed by atoms with Crippen LogP contribution < -0.4 is 5.73 Å². The van der Waals surface area contributed by atoms with Gasteiger partial charge < -0.3 is 5.73 Å². The monoisotopic (exact) mass is 176 g/mol. The van der Waals surface area contributed by atoms with Gasteiger partial charge >= 0.3 is 0 Å². The molecule has 0 saturated carbocycles. The Hall–Kier alpha value is -1.11. The molecule has 1 aromatic heterocycles. The van der Waals surface area contributed by atoms with Crippen LogP contribution in [0.2, 0.25) is 0 Å². The van der Waals surface area contributed by atoms with Gasteiger partial charge in [-0.2, -0.15) is 4.98 Å². The van der Waals surface area contributed by atoms with E-state index < -0.39 is 9.84 Å². The van der Waals surface area contributed by atoms with E-state index in [1.165, 1.54) is 11.7 Å². The first kappa shape index (κ1) is 7.99.